The van der Waals surface area contributed by atoms with Gasteiger partial charge in [0.25, 0.3) is 0 Å². The van der Waals surface area contributed by atoms with Gasteiger partial charge in [-0.3, -0.25) is 0 Å². The molecule has 0 amide bonds. The lowest BCUT2D eigenvalue weighted by Crippen LogP contribution is -2.28. The van der Waals surface area contributed by atoms with E-state index in [1.807, 2.05) is 0 Å². The van der Waals surface area contributed by atoms with Crippen molar-refractivity contribution in [2.45, 2.75) is 25.3 Å². The van der Waals surface area contributed by atoms with Gasteiger partial charge in [0.2, 0.25) is 0 Å². The van der Waals surface area contributed by atoms with Gasteiger partial charge in [-0.1, -0.05) is 0 Å². The van der Waals surface area contributed by atoms with Gasteiger partial charge in [0.1, 0.15) is 0 Å². The zero-order valence-electron chi connectivity index (χ0n) is 4.35. The fraction of sp³-hybridized carbons (Fsp3) is 0.800. The second-order valence-electron chi connectivity index (χ2n) is 2.07. The molecule has 1 saturated carbocycles. The highest BCUT2D eigenvalue weighted by Crippen LogP contribution is 2.19. The minimum Gasteiger partial charge on any atom is -0.326 e. The van der Waals surface area contributed by atoms with Crippen LogP contribution in [0.1, 0.15) is 19.3 Å². The molecular weight excluding hydrogens is 88.1 g/mol. The van der Waals surface area contributed by atoms with E-state index in [0.717, 1.165) is 18.9 Å². The van der Waals surface area contributed by atoms with Gasteiger partial charge in [-0.05, 0) is 19.3 Å². The average molecular weight is 99.2 g/mol. The molecule has 1 atom stereocenters. The van der Waals surface area contributed by atoms with Crippen LogP contribution in [0.25, 0.3) is 0 Å². The van der Waals surface area contributed by atoms with Gasteiger partial charge < -0.3 is 11.5 Å². The summed E-state index contributed by atoms with van der Waals surface area (Å²) in [7, 11) is 0. The number of rotatable bonds is 0. The third-order valence-electron chi connectivity index (χ3n) is 1.46. The molecule has 7 heavy (non-hydrogen) atoms. The third kappa shape index (κ3) is 0.924. The van der Waals surface area contributed by atoms with E-state index in [9.17, 15) is 0 Å². The molecule has 0 spiro atoms. The van der Waals surface area contributed by atoms with E-state index >= 15 is 0 Å². The van der Waals surface area contributed by atoms with Crippen molar-refractivity contribution in [2.75, 3.05) is 0 Å². The first-order chi connectivity index (χ1) is 3.30. The Morgan fingerprint density at radius 3 is 2.43 bits per heavy atom. The summed E-state index contributed by atoms with van der Waals surface area (Å²) in [5, 5.41) is 0. The van der Waals surface area contributed by atoms with Crippen LogP contribution in [-0.4, -0.2) is 6.04 Å². The Morgan fingerprint density at radius 1 is 1.57 bits per heavy atom. The van der Waals surface area contributed by atoms with Crippen molar-refractivity contribution in [3.8, 4) is 0 Å². The van der Waals surface area contributed by atoms with E-state index < -0.39 is 0 Å². The SMILES string of the molecule is N[C]1CCCC1N. The van der Waals surface area contributed by atoms with Crippen molar-refractivity contribution in [2.24, 2.45) is 11.5 Å². The summed E-state index contributed by atoms with van der Waals surface area (Å²) in [5.74, 6) is 0. The van der Waals surface area contributed by atoms with Crippen LogP contribution in [0.15, 0.2) is 0 Å². The first-order valence-corrected chi connectivity index (χ1v) is 2.67. The van der Waals surface area contributed by atoms with Crippen molar-refractivity contribution in [1.29, 1.82) is 0 Å². The smallest absolute Gasteiger partial charge is 0.0505 e. The van der Waals surface area contributed by atoms with Gasteiger partial charge >= 0.3 is 0 Å². The molecule has 1 aliphatic carbocycles. The van der Waals surface area contributed by atoms with Gasteiger partial charge in [0.15, 0.2) is 0 Å². The van der Waals surface area contributed by atoms with Crippen molar-refractivity contribution in [1.82, 2.24) is 0 Å². The van der Waals surface area contributed by atoms with Crippen molar-refractivity contribution < 1.29 is 0 Å². The number of hydrogen-bond acceptors (Lipinski definition) is 2. The molecule has 41 valence electrons. The zero-order chi connectivity index (χ0) is 5.28. The Bertz CT molecular complexity index is 55.1. The molecule has 2 nitrogen and oxygen atoms in total. The zero-order valence-corrected chi connectivity index (χ0v) is 4.35. The lowest BCUT2D eigenvalue weighted by molar-refractivity contribution is 0.720. The Balaban J connectivity index is 2.33. The molecule has 0 aromatic rings. The van der Waals surface area contributed by atoms with Crippen LogP contribution in [0.5, 0.6) is 0 Å². The topological polar surface area (TPSA) is 52.0 Å². The lowest BCUT2D eigenvalue weighted by atomic mass is 10.2. The Kier molecular flexibility index (Phi) is 1.30. The molecule has 0 saturated heterocycles. The molecule has 1 fully saturated rings. The summed E-state index contributed by atoms with van der Waals surface area (Å²) in [5.41, 5.74) is 11.0. The van der Waals surface area contributed by atoms with Gasteiger partial charge in [0, 0.05) is 6.04 Å². The maximum atomic E-state index is 5.52. The van der Waals surface area contributed by atoms with E-state index in [-0.39, 0.29) is 6.04 Å². The van der Waals surface area contributed by atoms with Gasteiger partial charge in [0.05, 0.1) is 6.04 Å². The minimum atomic E-state index is 0.208. The Morgan fingerprint density at radius 2 is 2.29 bits per heavy atom. The molecule has 0 aromatic carbocycles. The van der Waals surface area contributed by atoms with Gasteiger partial charge in [-0.2, -0.15) is 0 Å². The van der Waals surface area contributed by atoms with Gasteiger partial charge in [-0.15, -0.1) is 0 Å². The van der Waals surface area contributed by atoms with Crippen LogP contribution in [0.4, 0.5) is 0 Å². The maximum Gasteiger partial charge on any atom is 0.0505 e. The highest BCUT2D eigenvalue weighted by Gasteiger charge is 2.19. The van der Waals surface area contributed by atoms with Crippen LogP contribution in [0.3, 0.4) is 0 Å². The van der Waals surface area contributed by atoms with Crippen LogP contribution < -0.4 is 11.5 Å². The van der Waals surface area contributed by atoms with E-state index in [0.29, 0.717) is 0 Å². The summed E-state index contributed by atoms with van der Waals surface area (Å²) in [4.78, 5) is 0. The minimum absolute atomic E-state index is 0.208. The van der Waals surface area contributed by atoms with Crippen molar-refractivity contribution in [3.05, 3.63) is 6.04 Å². The maximum absolute atomic E-state index is 5.52. The fourth-order valence-electron chi connectivity index (χ4n) is 0.897. The van der Waals surface area contributed by atoms with Crippen LogP contribution in [0, 0.1) is 6.04 Å². The molecular formula is C5H11N2. The molecule has 0 aromatic heterocycles. The Hall–Kier alpha value is -0.0800. The molecule has 1 rings (SSSR count). The first kappa shape index (κ1) is 5.06. The van der Waals surface area contributed by atoms with Crippen LogP contribution in [0.2, 0.25) is 0 Å². The normalized spacial score (nSPS) is 34.3. The largest absolute Gasteiger partial charge is 0.326 e. The third-order valence-corrected chi connectivity index (χ3v) is 1.46. The molecule has 0 aliphatic heterocycles. The van der Waals surface area contributed by atoms with Crippen molar-refractivity contribution >= 4 is 0 Å². The van der Waals surface area contributed by atoms with Crippen LogP contribution >= 0.6 is 0 Å². The molecule has 0 heterocycles. The molecule has 1 aliphatic rings. The van der Waals surface area contributed by atoms with E-state index in [4.69, 9.17) is 11.5 Å². The molecule has 0 bridgehead atoms. The number of nitrogens with two attached hydrogens (primary N) is 2. The predicted octanol–water partition coefficient (Wildman–Crippen LogP) is -0.0117. The molecule has 1 unspecified atom stereocenters. The summed E-state index contributed by atoms with van der Waals surface area (Å²) < 4.78 is 0. The highest BCUT2D eigenvalue weighted by molar-refractivity contribution is 4.98. The summed E-state index contributed by atoms with van der Waals surface area (Å²) >= 11 is 0. The predicted molar refractivity (Wildman–Crippen MR) is 29.3 cm³/mol. The monoisotopic (exact) mass is 99.1 g/mol. The standard InChI is InChI=1S/C5H11N2/c6-4-2-1-3-5(4)7/h4H,1-3,6-7H2. The first-order valence-electron chi connectivity index (χ1n) is 2.67. The van der Waals surface area contributed by atoms with E-state index in [1.54, 1.807) is 0 Å². The number of hydrogen-bond donors (Lipinski definition) is 2. The van der Waals surface area contributed by atoms with Gasteiger partial charge in [-0.25, -0.2) is 0 Å². The summed E-state index contributed by atoms with van der Waals surface area (Å²) in [6, 6.07) is 1.19. The Labute approximate surface area is 43.9 Å². The van der Waals surface area contributed by atoms with Crippen LogP contribution in [-0.2, 0) is 0 Å². The quantitative estimate of drug-likeness (QED) is 0.448. The second-order valence-corrected chi connectivity index (χ2v) is 2.07. The fourth-order valence-corrected chi connectivity index (χ4v) is 0.897. The average Bonchev–Trinajstić information content (AvgIpc) is 1.91. The summed E-state index contributed by atoms with van der Waals surface area (Å²) in [6.45, 7) is 0. The molecule has 2 heteroatoms. The molecule has 1 radical (unpaired) electrons. The lowest BCUT2D eigenvalue weighted by Gasteiger charge is -2.04. The van der Waals surface area contributed by atoms with E-state index in [2.05, 4.69) is 0 Å². The second kappa shape index (κ2) is 1.80. The molecule has 4 N–H and O–H groups in total. The van der Waals surface area contributed by atoms with Crippen molar-refractivity contribution in [3.63, 3.8) is 0 Å². The highest BCUT2D eigenvalue weighted by atomic mass is 14.8. The van der Waals surface area contributed by atoms with E-state index in [1.165, 1.54) is 6.42 Å². The summed E-state index contributed by atoms with van der Waals surface area (Å²) in [6.07, 6.45) is 3.32.